The molecule has 1 atom stereocenters. The maximum absolute atomic E-state index is 10.9. The van der Waals surface area contributed by atoms with Crippen LogP contribution in [0.1, 0.15) is 59.3 Å². The normalized spacial score (nSPS) is 17.9. The molecule has 2 heteroatoms. The average molecular weight is 320 g/mol. The van der Waals surface area contributed by atoms with Crippen LogP contribution in [0.4, 0.5) is 0 Å². The van der Waals surface area contributed by atoms with Crippen LogP contribution in [0.3, 0.4) is 0 Å². The van der Waals surface area contributed by atoms with E-state index in [2.05, 4.69) is 38.1 Å². The largest absolute Gasteiger partial charge is 0.478 e. The summed E-state index contributed by atoms with van der Waals surface area (Å²) in [7, 11) is 0. The SMILES string of the molecule is CC(=Cc1ccc(C(=O)O)cc1)c1ccc2c(c1)CCC(C)CC2. The topological polar surface area (TPSA) is 37.3 Å². The minimum atomic E-state index is -0.887. The first-order valence-electron chi connectivity index (χ1n) is 8.67. The van der Waals surface area contributed by atoms with E-state index >= 15 is 0 Å². The number of carboxylic acid groups (broad SMARTS) is 1. The lowest BCUT2D eigenvalue weighted by molar-refractivity contribution is 0.0697. The number of aromatic carboxylic acids is 1. The van der Waals surface area contributed by atoms with E-state index in [-0.39, 0.29) is 0 Å². The van der Waals surface area contributed by atoms with Crippen molar-refractivity contribution in [3.05, 3.63) is 70.3 Å². The lowest BCUT2D eigenvalue weighted by Crippen LogP contribution is -1.95. The smallest absolute Gasteiger partial charge is 0.335 e. The lowest BCUT2D eigenvalue weighted by Gasteiger charge is -2.09. The highest BCUT2D eigenvalue weighted by molar-refractivity contribution is 5.88. The molecule has 0 saturated heterocycles. The summed E-state index contributed by atoms with van der Waals surface area (Å²) in [6.07, 6.45) is 7.04. The van der Waals surface area contributed by atoms with Gasteiger partial charge in [0.25, 0.3) is 0 Å². The Morgan fingerprint density at radius 3 is 2.29 bits per heavy atom. The highest BCUT2D eigenvalue weighted by Crippen LogP contribution is 2.27. The zero-order valence-corrected chi connectivity index (χ0v) is 14.4. The molecule has 0 heterocycles. The number of hydrogen-bond donors (Lipinski definition) is 1. The number of allylic oxidation sites excluding steroid dienone is 1. The highest BCUT2D eigenvalue weighted by atomic mass is 16.4. The van der Waals surface area contributed by atoms with Crippen LogP contribution in [0.2, 0.25) is 0 Å². The van der Waals surface area contributed by atoms with E-state index in [1.54, 1.807) is 12.1 Å². The molecule has 0 aliphatic heterocycles. The summed E-state index contributed by atoms with van der Waals surface area (Å²) in [5.74, 6) is -0.0764. The van der Waals surface area contributed by atoms with Crippen LogP contribution in [0.25, 0.3) is 11.6 Å². The molecule has 0 spiro atoms. The van der Waals surface area contributed by atoms with E-state index in [4.69, 9.17) is 5.11 Å². The average Bonchev–Trinajstić information content (AvgIpc) is 2.77. The van der Waals surface area contributed by atoms with Gasteiger partial charge in [-0.1, -0.05) is 43.3 Å². The number of benzene rings is 2. The minimum absolute atomic E-state index is 0.323. The zero-order valence-electron chi connectivity index (χ0n) is 14.4. The maximum Gasteiger partial charge on any atom is 0.335 e. The first kappa shape index (κ1) is 16.5. The first-order chi connectivity index (χ1) is 11.5. The van der Waals surface area contributed by atoms with Gasteiger partial charge in [0.05, 0.1) is 5.56 Å². The summed E-state index contributed by atoms with van der Waals surface area (Å²) >= 11 is 0. The molecule has 0 bridgehead atoms. The number of hydrogen-bond acceptors (Lipinski definition) is 1. The molecule has 2 aromatic rings. The molecule has 124 valence electrons. The van der Waals surface area contributed by atoms with Crippen molar-refractivity contribution in [1.82, 2.24) is 0 Å². The van der Waals surface area contributed by atoms with Gasteiger partial charge in [0.15, 0.2) is 0 Å². The Kier molecular flexibility index (Phi) is 4.84. The van der Waals surface area contributed by atoms with Gasteiger partial charge in [0, 0.05) is 0 Å². The van der Waals surface area contributed by atoms with Gasteiger partial charge in [-0.3, -0.25) is 0 Å². The second kappa shape index (κ2) is 7.04. The first-order valence-corrected chi connectivity index (χ1v) is 8.67. The van der Waals surface area contributed by atoms with Crippen molar-refractivity contribution in [2.24, 2.45) is 5.92 Å². The van der Waals surface area contributed by atoms with Crippen LogP contribution in [0.15, 0.2) is 42.5 Å². The van der Waals surface area contributed by atoms with Gasteiger partial charge in [-0.2, -0.15) is 0 Å². The fraction of sp³-hybridized carbons (Fsp3) is 0.318. The van der Waals surface area contributed by atoms with Crippen LogP contribution >= 0.6 is 0 Å². The van der Waals surface area contributed by atoms with E-state index in [9.17, 15) is 4.79 Å². The molecule has 1 aliphatic rings. The third-order valence-corrected chi connectivity index (χ3v) is 5.02. The highest BCUT2D eigenvalue weighted by Gasteiger charge is 2.13. The van der Waals surface area contributed by atoms with Crippen molar-refractivity contribution >= 4 is 17.6 Å². The van der Waals surface area contributed by atoms with E-state index in [0.717, 1.165) is 11.5 Å². The molecule has 0 aromatic heterocycles. The Labute approximate surface area is 143 Å². The number of aryl methyl sites for hydroxylation is 2. The number of carboxylic acids is 1. The molecule has 0 radical (unpaired) electrons. The van der Waals surface area contributed by atoms with E-state index in [1.807, 2.05) is 12.1 Å². The van der Waals surface area contributed by atoms with Gasteiger partial charge in [-0.15, -0.1) is 0 Å². The van der Waals surface area contributed by atoms with E-state index < -0.39 is 5.97 Å². The summed E-state index contributed by atoms with van der Waals surface area (Å²) in [6, 6.07) is 13.9. The monoisotopic (exact) mass is 320 g/mol. The maximum atomic E-state index is 10.9. The van der Waals surface area contributed by atoms with Crippen LogP contribution in [0, 0.1) is 5.92 Å². The molecule has 2 aromatic carbocycles. The van der Waals surface area contributed by atoms with Crippen molar-refractivity contribution in [2.45, 2.75) is 39.5 Å². The summed E-state index contributed by atoms with van der Waals surface area (Å²) in [4.78, 5) is 10.9. The van der Waals surface area contributed by atoms with Crippen LogP contribution in [0.5, 0.6) is 0 Å². The molecule has 1 N–H and O–H groups in total. The number of carbonyl (C=O) groups is 1. The van der Waals surface area contributed by atoms with Gasteiger partial charge >= 0.3 is 5.97 Å². The molecular formula is C22H24O2. The fourth-order valence-electron chi connectivity index (χ4n) is 3.35. The third kappa shape index (κ3) is 3.76. The minimum Gasteiger partial charge on any atom is -0.478 e. The Hall–Kier alpha value is -2.35. The van der Waals surface area contributed by atoms with Crippen molar-refractivity contribution in [3.63, 3.8) is 0 Å². The predicted octanol–water partition coefficient (Wildman–Crippen LogP) is 5.46. The Morgan fingerprint density at radius 1 is 1.00 bits per heavy atom. The molecule has 2 nitrogen and oxygen atoms in total. The molecule has 1 unspecified atom stereocenters. The lowest BCUT2D eigenvalue weighted by atomic mass is 9.96. The second-order valence-electron chi connectivity index (χ2n) is 6.92. The quantitative estimate of drug-likeness (QED) is 0.602. The zero-order chi connectivity index (χ0) is 17.1. The Morgan fingerprint density at radius 2 is 1.62 bits per heavy atom. The van der Waals surface area contributed by atoms with Crippen LogP contribution in [-0.4, -0.2) is 11.1 Å². The van der Waals surface area contributed by atoms with Gasteiger partial charge in [0.1, 0.15) is 0 Å². The molecule has 24 heavy (non-hydrogen) atoms. The Bertz CT molecular complexity index is 769. The predicted molar refractivity (Wildman–Crippen MR) is 99.2 cm³/mol. The van der Waals surface area contributed by atoms with Crippen molar-refractivity contribution in [1.29, 1.82) is 0 Å². The summed E-state index contributed by atoms with van der Waals surface area (Å²) in [5, 5.41) is 8.97. The molecule has 1 aliphatic carbocycles. The second-order valence-corrected chi connectivity index (χ2v) is 6.92. The molecular weight excluding hydrogens is 296 g/mol. The van der Waals surface area contributed by atoms with Crippen LogP contribution in [-0.2, 0) is 12.8 Å². The number of rotatable bonds is 3. The molecule has 0 amide bonds. The van der Waals surface area contributed by atoms with Crippen molar-refractivity contribution in [3.8, 4) is 0 Å². The van der Waals surface area contributed by atoms with Crippen molar-refractivity contribution < 1.29 is 9.90 Å². The molecule has 3 rings (SSSR count). The van der Waals surface area contributed by atoms with Gasteiger partial charge in [0.2, 0.25) is 0 Å². The molecule has 0 fully saturated rings. The van der Waals surface area contributed by atoms with Gasteiger partial charge < -0.3 is 5.11 Å². The standard InChI is InChI=1S/C22H24O2/c1-15-3-7-18-11-12-20(14-21(18)8-4-15)16(2)13-17-5-9-19(10-6-17)22(23)24/h5-6,9-15H,3-4,7-8H2,1-2H3,(H,23,24). The van der Waals surface area contributed by atoms with E-state index in [0.29, 0.717) is 5.56 Å². The van der Waals surface area contributed by atoms with Crippen molar-refractivity contribution in [2.75, 3.05) is 0 Å². The van der Waals surface area contributed by atoms with Crippen LogP contribution < -0.4 is 0 Å². The third-order valence-electron chi connectivity index (χ3n) is 5.02. The Balaban J connectivity index is 1.84. The molecule has 0 saturated carbocycles. The number of fused-ring (bicyclic) bond motifs is 1. The fourth-order valence-corrected chi connectivity index (χ4v) is 3.35. The van der Waals surface area contributed by atoms with E-state index in [1.165, 1.54) is 47.9 Å². The van der Waals surface area contributed by atoms with Gasteiger partial charge in [-0.25, -0.2) is 4.79 Å². The summed E-state index contributed by atoms with van der Waals surface area (Å²) in [6.45, 7) is 4.46. The summed E-state index contributed by atoms with van der Waals surface area (Å²) in [5.41, 5.74) is 6.81. The van der Waals surface area contributed by atoms with Gasteiger partial charge in [-0.05, 0) is 78.5 Å². The summed E-state index contributed by atoms with van der Waals surface area (Å²) < 4.78 is 0.